The average Bonchev–Trinajstić information content (AvgIpc) is 2.60. The van der Waals surface area contributed by atoms with Gasteiger partial charge in [-0.1, -0.05) is 27.7 Å². The smallest absolute Gasteiger partial charge is 0.0659 e. The minimum Gasteiger partial charge on any atom is -0.372 e. The number of rotatable bonds is 0. The highest BCUT2D eigenvalue weighted by Crippen LogP contribution is 2.40. The van der Waals surface area contributed by atoms with Crippen LogP contribution >= 0.6 is 0 Å². The lowest BCUT2D eigenvalue weighted by Gasteiger charge is -2.23. The topological polar surface area (TPSA) is 18.5 Å². The molecule has 0 aromatic carbocycles. The Morgan fingerprint density at radius 3 is 0.850 bits per heavy atom. The van der Waals surface area contributed by atoms with Crippen LogP contribution < -0.4 is 0 Å². The highest BCUT2D eigenvalue weighted by molar-refractivity contribution is 4.90. The standard InChI is InChI=1S/2C9H18O/c2*1-6-7(2)9(4,5)10-8(6)3/h2*6-8H,1-5H3/t2*6-,7?,8-/m11/s1. The summed E-state index contributed by atoms with van der Waals surface area (Å²) in [6.45, 7) is 22.1. The van der Waals surface area contributed by atoms with Crippen LogP contribution in [0.3, 0.4) is 0 Å². The van der Waals surface area contributed by atoms with Gasteiger partial charge in [0.25, 0.3) is 0 Å². The van der Waals surface area contributed by atoms with Gasteiger partial charge in [-0.3, -0.25) is 0 Å². The number of hydrogen-bond acceptors (Lipinski definition) is 2. The van der Waals surface area contributed by atoms with E-state index >= 15 is 0 Å². The van der Waals surface area contributed by atoms with Crippen LogP contribution in [0.1, 0.15) is 69.2 Å². The van der Waals surface area contributed by atoms with E-state index in [2.05, 4.69) is 69.2 Å². The van der Waals surface area contributed by atoms with Crippen LogP contribution in [0.4, 0.5) is 0 Å². The van der Waals surface area contributed by atoms with E-state index in [-0.39, 0.29) is 11.2 Å². The summed E-state index contributed by atoms with van der Waals surface area (Å²) in [5, 5.41) is 0. The first-order valence-corrected chi connectivity index (χ1v) is 8.25. The molecule has 2 aliphatic rings. The molecule has 0 aliphatic carbocycles. The van der Waals surface area contributed by atoms with Gasteiger partial charge in [0.1, 0.15) is 0 Å². The second-order valence-electron chi connectivity index (χ2n) is 8.15. The molecule has 0 aromatic heterocycles. The fourth-order valence-corrected chi connectivity index (χ4v) is 3.47. The molecule has 0 aromatic rings. The summed E-state index contributed by atoms with van der Waals surface area (Å²) in [5.74, 6) is 2.77. The lowest BCUT2D eigenvalue weighted by Crippen LogP contribution is -2.26. The van der Waals surface area contributed by atoms with Crippen molar-refractivity contribution in [1.82, 2.24) is 0 Å². The summed E-state index contributed by atoms with van der Waals surface area (Å²) in [4.78, 5) is 0. The van der Waals surface area contributed by atoms with Gasteiger partial charge in [-0.15, -0.1) is 0 Å². The Balaban J connectivity index is 0.000000200. The van der Waals surface area contributed by atoms with Gasteiger partial charge in [-0.2, -0.15) is 0 Å². The summed E-state index contributed by atoms with van der Waals surface area (Å²) < 4.78 is 11.5. The van der Waals surface area contributed by atoms with E-state index in [0.717, 1.165) is 0 Å². The van der Waals surface area contributed by atoms with Crippen molar-refractivity contribution in [1.29, 1.82) is 0 Å². The fraction of sp³-hybridized carbons (Fsp3) is 1.00. The minimum atomic E-state index is 0.0961. The number of hydrogen-bond donors (Lipinski definition) is 0. The molecule has 120 valence electrons. The molecule has 0 saturated carbocycles. The van der Waals surface area contributed by atoms with Crippen molar-refractivity contribution in [2.24, 2.45) is 23.7 Å². The maximum atomic E-state index is 5.77. The molecule has 0 radical (unpaired) electrons. The van der Waals surface area contributed by atoms with E-state index in [1.165, 1.54) is 0 Å². The molecule has 0 bridgehead atoms. The molecule has 6 atom stereocenters. The molecule has 2 rings (SSSR count). The Labute approximate surface area is 126 Å². The van der Waals surface area contributed by atoms with Crippen molar-refractivity contribution in [2.45, 2.75) is 92.6 Å². The molecule has 2 fully saturated rings. The third-order valence-electron chi connectivity index (χ3n) is 6.23. The molecule has 20 heavy (non-hydrogen) atoms. The predicted molar refractivity (Wildman–Crippen MR) is 85.9 cm³/mol. The Morgan fingerprint density at radius 1 is 0.550 bits per heavy atom. The van der Waals surface area contributed by atoms with Crippen LogP contribution in [0.2, 0.25) is 0 Å². The average molecular weight is 284 g/mol. The molecule has 2 aliphatic heterocycles. The maximum Gasteiger partial charge on any atom is 0.0659 e. The van der Waals surface area contributed by atoms with E-state index in [4.69, 9.17) is 9.47 Å². The lowest BCUT2D eigenvalue weighted by molar-refractivity contribution is -0.0234. The fourth-order valence-electron chi connectivity index (χ4n) is 3.47. The van der Waals surface area contributed by atoms with Gasteiger partial charge in [0.05, 0.1) is 23.4 Å². The van der Waals surface area contributed by atoms with Crippen molar-refractivity contribution in [3.63, 3.8) is 0 Å². The summed E-state index contributed by atoms with van der Waals surface area (Å²) >= 11 is 0. The Hall–Kier alpha value is -0.0800. The normalized spacial score (nSPS) is 45.9. The van der Waals surface area contributed by atoms with Crippen LogP contribution in [0.25, 0.3) is 0 Å². The molecule has 0 N–H and O–H groups in total. The first-order chi connectivity index (χ1) is 8.90. The zero-order valence-electron chi connectivity index (χ0n) is 15.3. The molecule has 2 unspecified atom stereocenters. The van der Waals surface area contributed by atoms with Crippen molar-refractivity contribution in [3.8, 4) is 0 Å². The summed E-state index contributed by atoms with van der Waals surface area (Å²) in [6, 6.07) is 0. The van der Waals surface area contributed by atoms with E-state index in [0.29, 0.717) is 35.9 Å². The Bertz CT molecular complexity index is 289. The molecule has 0 spiro atoms. The lowest BCUT2D eigenvalue weighted by atomic mass is 9.84. The van der Waals surface area contributed by atoms with Crippen molar-refractivity contribution < 1.29 is 9.47 Å². The third-order valence-corrected chi connectivity index (χ3v) is 6.23. The van der Waals surface area contributed by atoms with Crippen LogP contribution in [0, 0.1) is 23.7 Å². The third kappa shape index (κ3) is 3.57. The quantitative estimate of drug-likeness (QED) is 0.629. The summed E-state index contributed by atoms with van der Waals surface area (Å²) in [5.41, 5.74) is 0.192. The Morgan fingerprint density at radius 2 is 0.800 bits per heavy atom. The monoisotopic (exact) mass is 284 g/mol. The van der Waals surface area contributed by atoms with Gasteiger partial charge in [0.2, 0.25) is 0 Å². The zero-order chi connectivity index (χ0) is 15.9. The molecule has 0 amide bonds. The van der Waals surface area contributed by atoms with Gasteiger partial charge in [-0.05, 0) is 65.2 Å². The maximum absolute atomic E-state index is 5.77. The molecule has 2 saturated heterocycles. The van der Waals surface area contributed by atoms with E-state index in [1.807, 2.05) is 0 Å². The second kappa shape index (κ2) is 5.96. The van der Waals surface area contributed by atoms with Gasteiger partial charge >= 0.3 is 0 Å². The highest BCUT2D eigenvalue weighted by atomic mass is 16.5. The zero-order valence-corrected chi connectivity index (χ0v) is 15.3. The van der Waals surface area contributed by atoms with Crippen molar-refractivity contribution in [3.05, 3.63) is 0 Å². The van der Waals surface area contributed by atoms with E-state index in [1.54, 1.807) is 0 Å². The molecule has 2 heterocycles. The minimum absolute atomic E-state index is 0.0961. The largest absolute Gasteiger partial charge is 0.372 e. The summed E-state index contributed by atoms with van der Waals surface area (Å²) in [7, 11) is 0. The first-order valence-electron chi connectivity index (χ1n) is 8.25. The number of ether oxygens (including phenoxy) is 2. The second-order valence-corrected chi connectivity index (χ2v) is 8.15. The van der Waals surface area contributed by atoms with Gasteiger partial charge < -0.3 is 9.47 Å². The first kappa shape index (κ1) is 18.0. The van der Waals surface area contributed by atoms with Crippen molar-refractivity contribution in [2.75, 3.05) is 0 Å². The van der Waals surface area contributed by atoms with Crippen LogP contribution in [0.15, 0.2) is 0 Å². The van der Waals surface area contributed by atoms with Crippen LogP contribution in [0.5, 0.6) is 0 Å². The molecule has 2 nitrogen and oxygen atoms in total. The van der Waals surface area contributed by atoms with Crippen molar-refractivity contribution >= 4 is 0 Å². The molecule has 2 heteroatoms. The van der Waals surface area contributed by atoms with Gasteiger partial charge in [-0.25, -0.2) is 0 Å². The van der Waals surface area contributed by atoms with E-state index in [9.17, 15) is 0 Å². The van der Waals surface area contributed by atoms with E-state index < -0.39 is 0 Å². The van der Waals surface area contributed by atoms with Crippen LogP contribution in [-0.4, -0.2) is 23.4 Å². The Kier molecular flexibility index (Phi) is 5.36. The highest BCUT2D eigenvalue weighted by Gasteiger charge is 2.42. The summed E-state index contributed by atoms with van der Waals surface area (Å²) in [6.07, 6.45) is 0.870. The van der Waals surface area contributed by atoms with Gasteiger partial charge in [0.15, 0.2) is 0 Å². The SMILES string of the molecule is CC1[C@@H](C)[C@@H](C)OC1(C)C.CC1[C@@H](C)[C@@H](C)OC1(C)C. The molecular formula is C18H36O2. The van der Waals surface area contributed by atoms with Crippen LogP contribution in [-0.2, 0) is 9.47 Å². The molecular weight excluding hydrogens is 248 g/mol. The predicted octanol–water partition coefficient (Wildman–Crippen LogP) is 4.91. The van der Waals surface area contributed by atoms with Gasteiger partial charge in [0, 0.05) is 0 Å².